The smallest absolute Gasteiger partial charge is 0.234 e. The monoisotopic (exact) mass is 421 g/mol. The molecule has 1 aromatic heterocycles. The van der Waals surface area contributed by atoms with Gasteiger partial charge < -0.3 is 14.8 Å². The van der Waals surface area contributed by atoms with Gasteiger partial charge in [0.1, 0.15) is 12.1 Å². The molecule has 30 heavy (non-hydrogen) atoms. The molecule has 1 aliphatic carbocycles. The third kappa shape index (κ3) is 4.74. The van der Waals surface area contributed by atoms with Crippen LogP contribution in [-0.4, -0.2) is 9.97 Å². The lowest BCUT2D eigenvalue weighted by molar-refractivity contribution is 0.233. The Morgan fingerprint density at radius 2 is 1.87 bits per heavy atom. The van der Waals surface area contributed by atoms with Gasteiger partial charge in [-0.2, -0.15) is 0 Å². The molecule has 0 saturated carbocycles. The molecular weight excluding hydrogens is 398 g/mol. The molecule has 0 bridgehead atoms. The van der Waals surface area contributed by atoms with Crippen LogP contribution in [0.5, 0.6) is 0 Å². The lowest BCUT2D eigenvalue weighted by atomic mass is 9.86. The lowest BCUT2D eigenvalue weighted by Crippen LogP contribution is -2.11. The highest BCUT2D eigenvalue weighted by atomic mass is 35.5. The lowest BCUT2D eigenvalue weighted by Gasteiger charge is -2.20. The summed E-state index contributed by atoms with van der Waals surface area (Å²) < 4.78 is 11.4. The first kappa shape index (κ1) is 20.2. The third-order valence-corrected chi connectivity index (χ3v) is 5.07. The van der Waals surface area contributed by atoms with E-state index in [1.54, 1.807) is 6.26 Å². The van der Waals surface area contributed by atoms with Gasteiger partial charge >= 0.3 is 0 Å². The van der Waals surface area contributed by atoms with E-state index in [9.17, 15) is 0 Å². The molecule has 0 fully saturated rings. The highest BCUT2D eigenvalue weighted by molar-refractivity contribution is 6.28. The van der Waals surface area contributed by atoms with E-state index in [2.05, 4.69) is 54.3 Å². The molecule has 6 heteroatoms. The number of nitrogens with zero attached hydrogens (tertiary/aromatic N) is 2. The third-order valence-electron chi connectivity index (χ3n) is 4.90. The molecule has 1 aliphatic heterocycles. The maximum Gasteiger partial charge on any atom is 0.234 e. The Bertz CT molecular complexity index is 1060. The highest BCUT2D eigenvalue weighted by Gasteiger charge is 2.17. The number of aromatic nitrogens is 2. The Kier molecular flexibility index (Phi) is 5.64. The minimum absolute atomic E-state index is 0.0914. The molecule has 2 heterocycles. The number of anilines is 1. The van der Waals surface area contributed by atoms with E-state index >= 15 is 0 Å². The highest BCUT2D eigenvalue weighted by Crippen LogP contribution is 2.29. The van der Waals surface area contributed by atoms with Gasteiger partial charge in [-0.15, -0.1) is 0 Å². The van der Waals surface area contributed by atoms with Gasteiger partial charge in [0.2, 0.25) is 11.2 Å². The number of allylic oxidation sites excluding steroid dienone is 4. The first-order valence-corrected chi connectivity index (χ1v) is 10.3. The Labute approximate surface area is 181 Å². The molecule has 2 aliphatic rings. The zero-order chi connectivity index (χ0) is 21.1. The maximum absolute atomic E-state index is 6.19. The van der Waals surface area contributed by atoms with Crippen molar-refractivity contribution in [3.8, 4) is 11.3 Å². The van der Waals surface area contributed by atoms with Crippen LogP contribution in [0.25, 0.3) is 11.3 Å². The number of nitrogens with one attached hydrogen (secondary N) is 1. The van der Waals surface area contributed by atoms with Crippen molar-refractivity contribution in [1.29, 1.82) is 0 Å². The molecule has 1 aromatic carbocycles. The van der Waals surface area contributed by atoms with Crippen molar-refractivity contribution in [2.45, 2.75) is 39.0 Å². The van der Waals surface area contributed by atoms with Crippen molar-refractivity contribution in [1.82, 2.24) is 9.97 Å². The van der Waals surface area contributed by atoms with Gasteiger partial charge in [0.15, 0.2) is 12.0 Å². The molecule has 2 aromatic rings. The molecule has 0 amide bonds. The van der Waals surface area contributed by atoms with Gasteiger partial charge in [0.05, 0.1) is 5.69 Å². The average Bonchev–Trinajstić information content (AvgIpc) is 2.74. The largest absolute Gasteiger partial charge is 0.463 e. The van der Waals surface area contributed by atoms with Crippen LogP contribution in [0, 0.1) is 0 Å². The van der Waals surface area contributed by atoms with E-state index in [-0.39, 0.29) is 10.7 Å². The van der Waals surface area contributed by atoms with Crippen LogP contribution in [0.3, 0.4) is 0 Å². The fraction of sp³-hybridized carbons (Fsp3) is 0.250. The second-order valence-electron chi connectivity index (χ2n) is 8.22. The van der Waals surface area contributed by atoms with Crippen LogP contribution in [0.4, 0.5) is 5.82 Å². The van der Waals surface area contributed by atoms with Gasteiger partial charge in [0, 0.05) is 11.6 Å². The van der Waals surface area contributed by atoms with E-state index in [0.717, 1.165) is 29.7 Å². The molecule has 1 N–H and O–H groups in total. The van der Waals surface area contributed by atoms with E-state index in [4.69, 9.17) is 21.1 Å². The van der Waals surface area contributed by atoms with Crippen molar-refractivity contribution < 1.29 is 9.47 Å². The SMILES string of the molecule is CC(C)(C)c1ccc(-c2cc(NC3=COC=C(C4=CC=CCC4)O3)nc(Cl)n2)cc1. The Morgan fingerprint density at radius 3 is 2.57 bits per heavy atom. The van der Waals surface area contributed by atoms with Gasteiger partial charge in [-0.1, -0.05) is 63.3 Å². The number of rotatable bonds is 4. The summed E-state index contributed by atoms with van der Waals surface area (Å²) in [5.74, 6) is 1.65. The Morgan fingerprint density at radius 1 is 1.07 bits per heavy atom. The first-order valence-electron chi connectivity index (χ1n) is 9.91. The second kappa shape index (κ2) is 8.36. The van der Waals surface area contributed by atoms with Crippen molar-refractivity contribution in [3.63, 3.8) is 0 Å². The zero-order valence-electron chi connectivity index (χ0n) is 17.3. The summed E-state index contributed by atoms with van der Waals surface area (Å²) in [5.41, 5.74) is 4.13. The van der Waals surface area contributed by atoms with Crippen molar-refractivity contribution in [3.05, 3.63) is 89.1 Å². The second-order valence-corrected chi connectivity index (χ2v) is 8.56. The van der Waals surface area contributed by atoms with E-state index in [1.807, 2.05) is 30.4 Å². The summed E-state index contributed by atoms with van der Waals surface area (Å²) in [6, 6.07) is 10.2. The quantitative estimate of drug-likeness (QED) is 0.573. The van der Waals surface area contributed by atoms with Crippen molar-refractivity contribution >= 4 is 17.4 Å². The molecule has 4 rings (SSSR count). The van der Waals surface area contributed by atoms with Crippen LogP contribution >= 0.6 is 11.6 Å². The molecule has 5 nitrogen and oxygen atoms in total. The van der Waals surface area contributed by atoms with Gasteiger partial charge in [0.25, 0.3) is 0 Å². The zero-order valence-corrected chi connectivity index (χ0v) is 18.0. The molecule has 0 radical (unpaired) electrons. The minimum atomic E-state index is 0.0914. The van der Waals surface area contributed by atoms with Gasteiger partial charge in [-0.05, 0) is 41.0 Å². The van der Waals surface area contributed by atoms with Crippen LogP contribution in [0.1, 0.15) is 39.2 Å². The van der Waals surface area contributed by atoms with Gasteiger partial charge in [-0.3, -0.25) is 0 Å². The minimum Gasteiger partial charge on any atom is -0.463 e. The normalized spacial score (nSPS) is 16.1. The molecule has 154 valence electrons. The number of hydrogen-bond donors (Lipinski definition) is 1. The van der Waals surface area contributed by atoms with E-state index < -0.39 is 0 Å². The summed E-state index contributed by atoms with van der Waals surface area (Å²) in [6.45, 7) is 6.57. The maximum atomic E-state index is 6.19. The molecular formula is C24H24ClN3O2. The Balaban J connectivity index is 1.52. The van der Waals surface area contributed by atoms with E-state index in [0.29, 0.717) is 17.5 Å². The summed E-state index contributed by atoms with van der Waals surface area (Å²) in [7, 11) is 0. The average molecular weight is 422 g/mol. The van der Waals surface area contributed by atoms with Crippen molar-refractivity contribution in [2.75, 3.05) is 5.32 Å². The van der Waals surface area contributed by atoms with Crippen LogP contribution in [0.15, 0.2) is 78.3 Å². The summed E-state index contributed by atoms with van der Waals surface area (Å²) in [5, 5.41) is 3.28. The Hall–Kier alpha value is -3.05. The molecule has 0 unspecified atom stereocenters. The van der Waals surface area contributed by atoms with Crippen molar-refractivity contribution in [2.24, 2.45) is 0 Å². The number of benzene rings is 1. The fourth-order valence-electron chi connectivity index (χ4n) is 3.23. The van der Waals surface area contributed by atoms with E-state index in [1.165, 1.54) is 11.8 Å². The fourth-order valence-corrected chi connectivity index (χ4v) is 3.41. The predicted octanol–water partition coefficient (Wildman–Crippen LogP) is 6.47. The standard InChI is InChI=1S/C24H24ClN3O2/c1-24(2,3)18-11-9-16(10-12-18)19-13-21(28-23(25)26-19)27-22-15-29-14-20(30-22)17-7-5-4-6-8-17/h4-5,7,9-15H,6,8H2,1-3H3,(H,26,27,28). The van der Waals surface area contributed by atoms with Crippen LogP contribution < -0.4 is 5.32 Å². The molecule has 0 atom stereocenters. The number of ether oxygens (including phenoxy) is 2. The van der Waals surface area contributed by atoms with Crippen LogP contribution in [0.2, 0.25) is 5.28 Å². The number of halogens is 1. The first-order chi connectivity index (χ1) is 14.4. The predicted molar refractivity (Wildman–Crippen MR) is 120 cm³/mol. The molecule has 0 saturated heterocycles. The number of hydrogen-bond acceptors (Lipinski definition) is 5. The summed E-state index contributed by atoms with van der Waals surface area (Å²) in [6.07, 6.45) is 11.2. The topological polar surface area (TPSA) is 56.3 Å². The summed E-state index contributed by atoms with van der Waals surface area (Å²) in [4.78, 5) is 8.64. The van der Waals surface area contributed by atoms with Crippen LogP contribution in [-0.2, 0) is 14.9 Å². The summed E-state index contributed by atoms with van der Waals surface area (Å²) >= 11 is 6.19. The van der Waals surface area contributed by atoms with Gasteiger partial charge in [-0.25, -0.2) is 9.97 Å². The molecule has 0 spiro atoms.